The summed E-state index contributed by atoms with van der Waals surface area (Å²) in [4.78, 5) is 4.92. The van der Waals surface area contributed by atoms with E-state index in [1.54, 1.807) is 12.1 Å². The molecule has 1 heterocycles. The van der Waals surface area contributed by atoms with Gasteiger partial charge in [0, 0.05) is 18.4 Å². The summed E-state index contributed by atoms with van der Waals surface area (Å²) in [6.45, 7) is 3.88. The molecule has 0 aliphatic heterocycles. The summed E-state index contributed by atoms with van der Waals surface area (Å²) >= 11 is 0. The number of aryl methyl sites for hydroxylation is 3. The van der Waals surface area contributed by atoms with E-state index in [2.05, 4.69) is 24.8 Å². The van der Waals surface area contributed by atoms with Crippen molar-refractivity contribution in [2.24, 2.45) is 0 Å². The van der Waals surface area contributed by atoms with Crippen LogP contribution < -0.4 is 0 Å². The minimum absolute atomic E-state index is 0.109. The van der Waals surface area contributed by atoms with Crippen molar-refractivity contribution in [3.63, 3.8) is 0 Å². The van der Waals surface area contributed by atoms with Gasteiger partial charge in [-0.05, 0) is 59.9 Å². The van der Waals surface area contributed by atoms with Crippen LogP contribution in [0.5, 0.6) is 0 Å². The van der Waals surface area contributed by atoms with Crippen molar-refractivity contribution in [1.29, 1.82) is 0 Å². The third-order valence-electron chi connectivity index (χ3n) is 7.07. The van der Waals surface area contributed by atoms with E-state index >= 15 is 0 Å². The zero-order chi connectivity index (χ0) is 20.6. The van der Waals surface area contributed by atoms with Crippen molar-refractivity contribution in [2.45, 2.75) is 63.2 Å². The van der Waals surface area contributed by atoms with E-state index < -0.39 is 0 Å². The number of fused-ring (bicyclic) bond motifs is 3. The molecule has 1 aromatic heterocycles. The van der Waals surface area contributed by atoms with E-state index in [9.17, 15) is 4.39 Å². The van der Waals surface area contributed by atoms with E-state index in [1.807, 2.05) is 18.2 Å². The predicted molar refractivity (Wildman–Crippen MR) is 119 cm³/mol. The minimum atomic E-state index is -0.164. The highest BCUT2D eigenvalue weighted by atomic mass is 19.1. The van der Waals surface area contributed by atoms with Crippen LogP contribution in [0.3, 0.4) is 0 Å². The summed E-state index contributed by atoms with van der Waals surface area (Å²) < 4.78 is 19.7. The van der Waals surface area contributed by atoms with Crippen LogP contribution in [0.2, 0.25) is 0 Å². The molecule has 5 rings (SSSR count). The molecule has 2 aliphatic carbocycles. The van der Waals surface area contributed by atoms with E-state index in [0.29, 0.717) is 0 Å². The van der Waals surface area contributed by atoms with Gasteiger partial charge in [-0.1, -0.05) is 62.2 Å². The van der Waals surface area contributed by atoms with Gasteiger partial charge < -0.3 is 4.42 Å². The molecule has 0 amide bonds. The highest BCUT2D eigenvalue weighted by Crippen LogP contribution is 2.43. The smallest absolute Gasteiger partial charge is 0.195 e. The van der Waals surface area contributed by atoms with E-state index in [1.165, 1.54) is 36.0 Å². The van der Waals surface area contributed by atoms with Gasteiger partial charge in [-0.2, -0.15) is 0 Å². The van der Waals surface area contributed by atoms with Gasteiger partial charge in [0.05, 0.1) is 0 Å². The zero-order valence-electron chi connectivity index (χ0n) is 17.4. The Labute approximate surface area is 177 Å². The highest BCUT2D eigenvalue weighted by molar-refractivity contribution is 5.70. The monoisotopic (exact) mass is 401 g/mol. The maximum Gasteiger partial charge on any atom is 0.195 e. The van der Waals surface area contributed by atoms with Crippen molar-refractivity contribution < 1.29 is 8.81 Å². The molecule has 154 valence electrons. The molecular weight excluding hydrogens is 373 g/mol. The molecular formula is C27H28FNO. The number of hydrogen-bond acceptors (Lipinski definition) is 2. The lowest BCUT2D eigenvalue weighted by molar-refractivity contribution is 0.265. The lowest BCUT2D eigenvalue weighted by atomic mass is 9.67. The van der Waals surface area contributed by atoms with Crippen LogP contribution in [0.1, 0.15) is 66.9 Å². The van der Waals surface area contributed by atoms with Crippen LogP contribution in [0.15, 0.2) is 53.5 Å². The SMILES string of the molecule is C=Cc1ccc2c(c1)CCc1oc(CCC3(c4ccc(F)cc4)CCCCC3)nc1-2. The number of hydrogen-bond donors (Lipinski definition) is 0. The molecule has 1 fully saturated rings. The maximum atomic E-state index is 13.5. The summed E-state index contributed by atoms with van der Waals surface area (Å²) in [6, 6.07) is 13.6. The second-order valence-corrected chi connectivity index (χ2v) is 8.85. The molecule has 0 radical (unpaired) electrons. The molecule has 0 spiro atoms. The van der Waals surface area contributed by atoms with Crippen LogP contribution in [0.4, 0.5) is 4.39 Å². The number of oxazole rings is 1. The van der Waals surface area contributed by atoms with Gasteiger partial charge >= 0.3 is 0 Å². The first-order chi connectivity index (χ1) is 14.7. The Morgan fingerprint density at radius 2 is 1.83 bits per heavy atom. The molecule has 2 aromatic carbocycles. The molecule has 0 unspecified atom stereocenters. The van der Waals surface area contributed by atoms with Crippen molar-refractivity contribution in [1.82, 2.24) is 4.98 Å². The lowest BCUT2D eigenvalue weighted by Gasteiger charge is -2.38. The molecule has 3 heteroatoms. The van der Waals surface area contributed by atoms with Crippen LogP contribution >= 0.6 is 0 Å². The van der Waals surface area contributed by atoms with Crippen molar-refractivity contribution in [3.05, 3.63) is 83.2 Å². The molecule has 3 aromatic rings. The zero-order valence-corrected chi connectivity index (χ0v) is 17.4. The summed E-state index contributed by atoms with van der Waals surface area (Å²) in [5.41, 5.74) is 6.07. The van der Waals surface area contributed by atoms with Gasteiger partial charge in [-0.15, -0.1) is 0 Å². The normalized spacial score (nSPS) is 17.2. The quantitative estimate of drug-likeness (QED) is 0.457. The van der Waals surface area contributed by atoms with Gasteiger partial charge in [0.15, 0.2) is 5.89 Å². The number of benzene rings is 2. The van der Waals surface area contributed by atoms with E-state index in [4.69, 9.17) is 9.40 Å². The Bertz CT molecular complexity index is 1060. The molecule has 0 atom stereocenters. The van der Waals surface area contributed by atoms with E-state index in [0.717, 1.165) is 61.4 Å². The van der Waals surface area contributed by atoms with Gasteiger partial charge in [-0.25, -0.2) is 9.37 Å². The number of rotatable bonds is 5. The average molecular weight is 402 g/mol. The van der Waals surface area contributed by atoms with Crippen molar-refractivity contribution in [2.75, 3.05) is 0 Å². The first-order valence-electron chi connectivity index (χ1n) is 11.2. The summed E-state index contributed by atoms with van der Waals surface area (Å²) in [6.07, 6.45) is 11.7. The average Bonchev–Trinajstić information content (AvgIpc) is 3.22. The highest BCUT2D eigenvalue weighted by Gasteiger charge is 2.34. The van der Waals surface area contributed by atoms with Crippen molar-refractivity contribution in [3.8, 4) is 11.3 Å². The summed E-state index contributed by atoms with van der Waals surface area (Å²) in [7, 11) is 0. The first-order valence-corrected chi connectivity index (χ1v) is 11.2. The third kappa shape index (κ3) is 3.51. The largest absolute Gasteiger partial charge is 0.445 e. The molecule has 2 aliphatic rings. The second kappa shape index (κ2) is 7.86. The van der Waals surface area contributed by atoms with Gasteiger partial charge in [-0.3, -0.25) is 0 Å². The standard InChI is InChI=1S/C27H28FNO/c1-2-19-6-12-23-20(18-19)7-13-24-26(23)29-25(30-24)14-17-27(15-4-3-5-16-27)21-8-10-22(28)11-9-21/h2,6,8-12,18H,1,3-5,7,13-17H2. The Kier molecular flexibility index (Phi) is 5.06. The molecule has 0 N–H and O–H groups in total. The predicted octanol–water partition coefficient (Wildman–Crippen LogP) is 7.06. The first kappa shape index (κ1) is 19.3. The Balaban J connectivity index is 1.40. The van der Waals surface area contributed by atoms with Gasteiger partial charge in [0.1, 0.15) is 17.3 Å². The Morgan fingerprint density at radius 1 is 1.03 bits per heavy atom. The molecule has 30 heavy (non-hydrogen) atoms. The molecule has 0 bridgehead atoms. The summed E-state index contributed by atoms with van der Waals surface area (Å²) in [5.74, 6) is 1.69. The van der Waals surface area contributed by atoms with Crippen molar-refractivity contribution >= 4 is 6.08 Å². The van der Waals surface area contributed by atoms with Gasteiger partial charge in [0.2, 0.25) is 0 Å². The Morgan fingerprint density at radius 3 is 2.60 bits per heavy atom. The fourth-order valence-electron chi connectivity index (χ4n) is 5.38. The number of nitrogens with zero attached hydrogens (tertiary/aromatic N) is 1. The fraction of sp³-hybridized carbons (Fsp3) is 0.370. The van der Waals surface area contributed by atoms with E-state index in [-0.39, 0.29) is 11.2 Å². The van der Waals surface area contributed by atoms with Crippen LogP contribution in [-0.2, 0) is 24.7 Å². The number of aromatic nitrogens is 1. The van der Waals surface area contributed by atoms with Crippen LogP contribution in [0.25, 0.3) is 17.3 Å². The Hall–Kier alpha value is -2.68. The van der Waals surface area contributed by atoms with Gasteiger partial charge in [0.25, 0.3) is 0 Å². The minimum Gasteiger partial charge on any atom is -0.445 e. The molecule has 2 nitrogen and oxygen atoms in total. The topological polar surface area (TPSA) is 26.0 Å². The third-order valence-corrected chi connectivity index (χ3v) is 7.07. The van der Waals surface area contributed by atoms with Crippen LogP contribution in [-0.4, -0.2) is 4.98 Å². The maximum absolute atomic E-state index is 13.5. The second-order valence-electron chi connectivity index (χ2n) is 8.85. The fourth-order valence-corrected chi connectivity index (χ4v) is 5.38. The summed E-state index contributed by atoms with van der Waals surface area (Å²) in [5, 5.41) is 0. The molecule has 0 saturated heterocycles. The number of halogens is 1. The lowest BCUT2D eigenvalue weighted by Crippen LogP contribution is -2.29. The molecule has 1 saturated carbocycles. The van der Waals surface area contributed by atoms with Crippen LogP contribution in [0, 0.1) is 5.82 Å².